The number of carboxylic acid groups (broad SMARTS) is 1. The van der Waals surface area contributed by atoms with Gasteiger partial charge in [0.25, 0.3) is 17.7 Å². The van der Waals surface area contributed by atoms with Crippen molar-refractivity contribution in [3.8, 4) is 0 Å². The third-order valence-corrected chi connectivity index (χ3v) is 7.38. The zero-order valence-corrected chi connectivity index (χ0v) is 22.4. The van der Waals surface area contributed by atoms with Crippen molar-refractivity contribution >= 4 is 70.2 Å². The lowest BCUT2D eigenvalue weighted by Gasteiger charge is -2.30. The van der Waals surface area contributed by atoms with Gasteiger partial charge in [-0.05, 0) is 53.3 Å². The van der Waals surface area contributed by atoms with Crippen LogP contribution in [0.5, 0.6) is 0 Å². The minimum atomic E-state index is -1.61. The molecule has 4 N–H and O–H groups in total. The van der Waals surface area contributed by atoms with Crippen molar-refractivity contribution in [3.63, 3.8) is 0 Å². The first kappa shape index (κ1) is 28.0. The molecule has 1 atom stereocenters. The highest BCUT2D eigenvalue weighted by Crippen LogP contribution is 2.34. The summed E-state index contributed by atoms with van der Waals surface area (Å²) in [5, 5.41) is 24.6. The fraction of sp³-hybridized carbons (Fsp3) is 0.154. The second-order valence-corrected chi connectivity index (χ2v) is 10.1. The number of carbonyl (C=O) groups is 4. The number of amides is 3. The van der Waals surface area contributed by atoms with Crippen LogP contribution in [-0.2, 0) is 22.6 Å². The second kappa shape index (κ2) is 12.2. The molecule has 4 rings (SSSR count). The molecule has 0 aliphatic carbocycles. The Balaban J connectivity index is 1.49. The molecule has 0 radical (unpaired) electrons. The van der Waals surface area contributed by atoms with Gasteiger partial charge in [-0.2, -0.15) is 0 Å². The van der Waals surface area contributed by atoms with Crippen LogP contribution >= 0.6 is 34.5 Å². The molecule has 2 aromatic rings. The molecule has 1 aromatic heterocycles. The summed E-state index contributed by atoms with van der Waals surface area (Å²) < 4.78 is 0. The summed E-state index contributed by atoms with van der Waals surface area (Å²) in [7, 11) is 0. The molecule has 0 fully saturated rings. The first-order chi connectivity index (χ1) is 18.7. The molecule has 2 aliphatic rings. The van der Waals surface area contributed by atoms with E-state index >= 15 is 0 Å². The van der Waals surface area contributed by atoms with E-state index in [4.69, 9.17) is 28.6 Å². The van der Waals surface area contributed by atoms with E-state index < -0.39 is 29.7 Å². The smallest absolute Gasteiger partial charge is 0.331 e. The molecule has 0 saturated carbocycles. The Morgan fingerprint density at radius 2 is 2.05 bits per heavy atom. The van der Waals surface area contributed by atoms with Gasteiger partial charge < -0.3 is 20.6 Å². The number of rotatable bonds is 7. The number of dihydropyridines is 1. The number of carbonyl (C=O) groups excluding carboxylic acids is 3. The maximum Gasteiger partial charge on any atom is 0.331 e. The van der Waals surface area contributed by atoms with Gasteiger partial charge in [0.15, 0.2) is 6.04 Å². The summed E-state index contributed by atoms with van der Waals surface area (Å²) in [6, 6.07) is 3.09. The molecule has 0 spiro atoms. The number of fused-ring (bicyclic) bond motifs is 1. The molecule has 13 heteroatoms. The number of aliphatic carboxylic acids is 1. The number of hydrogen-bond acceptors (Lipinski definition) is 7. The van der Waals surface area contributed by atoms with E-state index in [0.29, 0.717) is 28.1 Å². The Morgan fingerprint density at radius 3 is 2.72 bits per heavy atom. The summed E-state index contributed by atoms with van der Waals surface area (Å²) >= 11 is 14.1. The average Bonchev–Trinajstić information content (AvgIpc) is 3.46. The number of allylic oxidation sites excluding steroid dienone is 3. The molecule has 1 aromatic carbocycles. The van der Waals surface area contributed by atoms with Gasteiger partial charge in [-0.1, -0.05) is 35.3 Å². The van der Waals surface area contributed by atoms with Crippen molar-refractivity contribution in [3.05, 3.63) is 91.4 Å². The number of carboxylic acids is 1. The van der Waals surface area contributed by atoms with Crippen LogP contribution in [0.3, 0.4) is 0 Å². The van der Waals surface area contributed by atoms with Gasteiger partial charge in [-0.25, -0.2) is 9.79 Å². The molecular formula is C26H21Cl2N5O5S. The third kappa shape index (κ3) is 6.51. The minimum Gasteiger partial charge on any atom is -0.479 e. The lowest BCUT2D eigenvalue weighted by Crippen LogP contribution is -2.43. The summed E-state index contributed by atoms with van der Waals surface area (Å²) in [5.74, 6) is -3.41. The molecule has 39 heavy (non-hydrogen) atoms. The monoisotopic (exact) mass is 585 g/mol. The van der Waals surface area contributed by atoms with Crippen LogP contribution in [0.25, 0.3) is 0 Å². The Kier molecular flexibility index (Phi) is 8.75. The van der Waals surface area contributed by atoms with Gasteiger partial charge >= 0.3 is 5.97 Å². The van der Waals surface area contributed by atoms with Crippen LogP contribution in [0.15, 0.2) is 64.8 Å². The highest BCUT2D eigenvalue weighted by Gasteiger charge is 2.29. The quantitative estimate of drug-likeness (QED) is 0.364. The summed E-state index contributed by atoms with van der Waals surface area (Å²) in [6.45, 7) is 0.373. The summed E-state index contributed by atoms with van der Waals surface area (Å²) in [4.78, 5) is 55.1. The van der Waals surface area contributed by atoms with E-state index in [9.17, 15) is 24.3 Å². The summed E-state index contributed by atoms with van der Waals surface area (Å²) in [6.07, 6.45) is 9.56. The second-order valence-electron chi connectivity index (χ2n) is 8.39. The van der Waals surface area contributed by atoms with Crippen LogP contribution in [0.1, 0.15) is 31.2 Å². The topological polar surface area (TPSA) is 152 Å². The SMILES string of the molecule is N=C(/C=C1/C=CC=CN1)C(=O)N1CCc2c(cc(Cl)c(C(=O)N[C@@H](/C=N/C(=O)c3cccs3)C(=O)O)c2Cl)C1. The summed E-state index contributed by atoms with van der Waals surface area (Å²) in [5.41, 5.74) is 1.49. The Labute approximate surface area is 236 Å². The van der Waals surface area contributed by atoms with E-state index in [-0.39, 0.29) is 34.4 Å². The largest absolute Gasteiger partial charge is 0.479 e. The molecular weight excluding hydrogens is 565 g/mol. The number of thiophene rings is 1. The standard InChI is InChI=1S/C26H21Cl2N5O5S/c27-17-10-14-13-33(25(36)18(29)11-15-4-1-2-7-30-15)8-6-16(14)22(28)21(17)24(35)32-19(26(37)38)12-31-23(34)20-5-3-9-39-20/h1-5,7,9-12,19,29-30H,6,8,13H2,(H,32,35)(H,37,38)/b15-11-,29-18?,31-12+/t19-/m0/s1. The molecule has 0 saturated heterocycles. The highest BCUT2D eigenvalue weighted by molar-refractivity contribution is 7.12. The van der Waals surface area contributed by atoms with Crippen molar-refractivity contribution < 1.29 is 24.3 Å². The number of nitrogens with zero attached hydrogens (tertiary/aromatic N) is 2. The van der Waals surface area contributed by atoms with Crippen LogP contribution < -0.4 is 10.6 Å². The lowest BCUT2D eigenvalue weighted by molar-refractivity contribution is -0.137. The first-order valence-electron chi connectivity index (χ1n) is 11.5. The predicted molar refractivity (Wildman–Crippen MR) is 149 cm³/mol. The van der Waals surface area contributed by atoms with Crippen molar-refractivity contribution in [1.29, 1.82) is 5.41 Å². The highest BCUT2D eigenvalue weighted by atomic mass is 35.5. The van der Waals surface area contributed by atoms with E-state index in [1.54, 1.807) is 41.9 Å². The van der Waals surface area contributed by atoms with Gasteiger partial charge in [0.05, 0.1) is 20.5 Å². The molecule has 200 valence electrons. The third-order valence-electron chi connectivity index (χ3n) is 5.81. The normalized spacial score (nSPS) is 16.1. The maximum atomic E-state index is 13.0. The molecule has 0 unspecified atom stereocenters. The lowest BCUT2D eigenvalue weighted by atomic mass is 9.96. The average molecular weight is 586 g/mol. The minimum absolute atomic E-state index is 0.0400. The van der Waals surface area contributed by atoms with Gasteiger partial charge in [0, 0.05) is 31.2 Å². The Hall–Kier alpha value is -4.06. The van der Waals surface area contributed by atoms with Gasteiger partial charge in [-0.3, -0.25) is 19.8 Å². The molecule has 3 heterocycles. The van der Waals surface area contributed by atoms with Crippen molar-refractivity contribution in [2.75, 3.05) is 6.54 Å². The van der Waals surface area contributed by atoms with Crippen molar-refractivity contribution in [2.24, 2.45) is 4.99 Å². The maximum absolute atomic E-state index is 13.0. The van der Waals surface area contributed by atoms with Crippen LogP contribution in [0, 0.1) is 5.41 Å². The number of nitrogens with one attached hydrogen (secondary N) is 3. The van der Waals surface area contributed by atoms with Crippen LogP contribution in [-0.4, -0.2) is 58.2 Å². The van der Waals surface area contributed by atoms with E-state index in [1.165, 1.54) is 17.0 Å². The van der Waals surface area contributed by atoms with E-state index in [2.05, 4.69) is 15.6 Å². The molecule has 0 bridgehead atoms. The van der Waals surface area contributed by atoms with Gasteiger partial charge in [-0.15, -0.1) is 11.3 Å². The Bertz CT molecular complexity index is 1480. The fourth-order valence-electron chi connectivity index (χ4n) is 3.90. The van der Waals surface area contributed by atoms with Crippen molar-refractivity contribution in [1.82, 2.24) is 15.5 Å². The van der Waals surface area contributed by atoms with Crippen LogP contribution in [0.4, 0.5) is 0 Å². The zero-order valence-electron chi connectivity index (χ0n) is 20.1. The Morgan fingerprint density at radius 1 is 1.26 bits per heavy atom. The number of aliphatic imine (C=N–C) groups is 1. The molecule has 2 aliphatic heterocycles. The first-order valence-corrected chi connectivity index (χ1v) is 13.1. The van der Waals surface area contributed by atoms with Gasteiger partial charge in [0.2, 0.25) is 0 Å². The predicted octanol–water partition coefficient (Wildman–Crippen LogP) is 3.61. The number of halogens is 2. The van der Waals surface area contributed by atoms with Crippen molar-refractivity contribution in [2.45, 2.75) is 19.0 Å². The molecule has 3 amide bonds. The van der Waals surface area contributed by atoms with E-state index in [0.717, 1.165) is 17.6 Å². The molecule has 10 nitrogen and oxygen atoms in total. The number of hydrogen-bond donors (Lipinski definition) is 4. The van der Waals surface area contributed by atoms with Gasteiger partial charge in [0.1, 0.15) is 5.71 Å². The number of benzene rings is 1. The zero-order chi connectivity index (χ0) is 28.1. The van der Waals surface area contributed by atoms with Crippen LogP contribution in [0.2, 0.25) is 10.0 Å². The van der Waals surface area contributed by atoms with E-state index in [1.807, 2.05) is 0 Å². The fourth-order valence-corrected chi connectivity index (χ4v) is 5.28.